The minimum Gasteiger partial charge on any atom is -0.468 e. The summed E-state index contributed by atoms with van der Waals surface area (Å²) in [5, 5.41) is 9.29. The van der Waals surface area contributed by atoms with Crippen LogP contribution in [0.15, 0.2) is 0 Å². The molecule has 0 saturated carbocycles. The number of methoxy groups -OCH3 is 1. The van der Waals surface area contributed by atoms with Gasteiger partial charge in [-0.2, -0.15) is 0 Å². The summed E-state index contributed by atoms with van der Waals surface area (Å²) in [5.74, 6) is -0.242. The van der Waals surface area contributed by atoms with Crippen molar-refractivity contribution in [1.82, 2.24) is 4.81 Å². The van der Waals surface area contributed by atoms with Gasteiger partial charge in [-0.3, -0.25) is 4.79 Å². The fourth-order valence-corrected chi connectivity index (χ4v) is 1.63. The highest BCUT2D eigenvalue weighted by molar-refractivity contribution is 6.45. The fraction of sp³-hybridized carbons (Fsp3) is 0.857. The quantitative estimate of drug-likeness (QED) is 0.459. The lowest BCUT2D eigenvalue weighted by Crippen LogP contribution is -2.45. The Morgan fingerprint density at radius 2 is 2.42 bits per heavy atom. The molecule has 1 saturated heterocycles. The fourth-order valence-electron chi connectivity index (χ4n) is 1.63. The molecule has 1 heterocycles. The second-order valence-corrected chi connectivity index (χ2v) is 3.05. The van der Waals surface area contributed by atoms with E-state index in [1.165, 1.54) is 7.11 Å². The molecule has 0 spiro atoms. The lowest BCUT2D eigenvalue weighted by atomic mass is 9.84. The minimum atomic E-state index is -0.559. The van der Waals surface area contributed by atoms with Crippen LogP contribution in [0.2, 0.25) is 6.82 Å². The maximum atomic E-state index is 11.2. The molecule has 1 N–H and O–H groups in total. The van der Waals surface area contributed by atoms with Crippen molar-refractivity contribution in [1.29, 1.82) is 0 Å². The van der Waals surface area contributed by atoms with Crippen LogP contribution >= 0.6 is 0 Å². The van der Waals surface area contributed by atoms with Crippen molar-refractivity contribution in [2.45, 2.75) is 25.7 Å². The zero-order valence-corrected chi connectivity index (χ0v) is 7.49. The Morgan fingerprint density at radius 3 is 2.92 bits per heavy atom. The van der Waals surface area contributed by atoms with Gasteiger partial charge < -0.3 is 14.6 Å². The standard InChI is InChI=1S/C7H14BNO3/c1-8(11)9-5-3-4-6(9)7(10)12-2/h6,11H,3-5H2,1-2H3. The average Bonchev–Trinajstić information content (AvgIpc) is 2.50. The normalized spacial score (nSPS) is 24.1. The summed E-state index contributed by atoms with van der Waals surface area (Å²) in [4.78, 5) is 12.9. The molecular formula is C7H14BNO3. The summed E-state index contributed by atoms with van der Waals surface area (Å²) in [7, 11) is 0.817. The monoisotopic (exact) mass is 171 g/mol. The van der Waals surface area contributed by atoms with Crippen LogP contribution in [0.4, 0.5) is 0 Å². The van der Waals surface area contributed by atoms with Crippen molar-refractivity contribution in [2.75, 3.05) is 13.7 Å². The van der Waals surface area contributed by atoms with Crippen molar-refractivity contribution in [3.05, 3.63) is 0 Å². The van der Waals surface area contributed by atoms with Crippen LogP contribution in [0.25, 0.3) is 0 Å². The number of carbonyl (C=O) groups excluding carboxylic acids is 1. The van der Waals surface area contributed by atoms with E-state index in [9.17, 15) is 9.82 Å². The summed E-state index contributed by atoms with van der Waals surface area (Å²) in [6.45, 7) is 2.44. The number of ether oxygens (including phenoxy) is 1. The van der Waals surface area contributed by atoms with Gasteiger partial charge in [0.15, 0.2) is 0 Å². The molecule has 0 aromatic rings. The van der Waals surface area contributed by atoms with Gasteiger partial charge in [-0.05, 0) is 26.2 Å². The number of hydrogen-bond acceptors (Lipinski definition) is 4. The van der Waals surface area contributed by atoms with E-state index < -0.39 is 7.05 Å². The molecule has 1 fully saturated rings. The molecule has 1 atom stereocenters. The third kappa shape index (κ3) is 1.79. The first-order valence-corrected chi connectivity index (χ1v) is 4.18. The van der Waals surface area contributed by atoms with E-state index in [-0.39, 0.29) is 12.0 Å². The molecule has 4 nitrogen and oxygen atoms in total. The van der Waals surface area contributed by atoms with Crippen molar-refractivity contribution < 1.29 is 14.6 Å². The highest BCUT2D eigenvalue weighted by atomic mass is 16.5. The lowest BCUT2D eigenvalue weighted by Gasteiger charge is -2.22. The van der Waals surface area contributed by atoms with Gasteiger partial charge in [0.25, 0.3) is 0 Å². The minimum absolute atomic E-state index is 0.241. The summed E-state index contributed by atoms with van der Waals surface area (Å²) >= 11 is 0. The van der Waals surface area contributed by atoms with Gasteiger partial charge in [0.2, 0.25) is 0 Å². The molecule has 0 aliphatic carbocycles. The van der Waals surface area contributed by atoms with Gasteiger partial charge in [0.05, 0.1) is 7.11 Å². The van der Waals surface area contributed by atoms with Crippen LogP contribution in [0, 0.1) is 0 Å². The molecule has 5 heteroatoms. The van der Waals surface area contributed by atoms with Gasteiger partial charge in [-0.15, -0.1) is 0 Å². The highest BCUT2D eigenvalue weighted by Crippen LogP contribution is 2.18. The third-order valence-corrected chi connectivity index (χ3v) is 2.25. The second kappa shape index (κ2) is 3.91. The molecule has 1 aliphatic heterocycles. The van der Waals surface area contributed by atoms with Gasteiger partial charge in [0, 0.05) is 0 Å². The molecule has 12 heavy (non-hydrogen) atoms. The van der Waals surface area contributed by atoms with Gasteiger partial charge >= 0.3 is 13.0 Å². The summed E-state index contributed by atoms with van der Waals surface area (Å²) in [5.41, 5.74) is 0. The molecule has 1 unspecified atom stereocenters. The Kier molecular flexibility index (Phi) is 3.11. The first-order chi connectivity index (χ1) is 5.66. The Hall–Kier alpha value is -0.545. The molecule has 0 radical (unpaired) electrons. The van der Waals surface area contributed by atoms with E-state index in [1.807, 2.05) is 0 Å². The number of rotatable bonds is 2. The lowest BCUT2D eigenvalue weighted by molar-refractivity contribution is -0.144. The van der Waals surface area contributed by atoms with E-state index in [1.54, 1.807) is 11.6 Å². The number of nitrogens with zero attached hydrogens (tertiary/aromatic N) is 1. The van der Waals surface area contributed by atoms with Gasteiger partial charge in [0.1, 0.15) is 6.04 Å². The van der Waals surface area contributed by atoms with Crippen molar-refractivity contribution in [3.63, 3.8) is 0 Å². The van der Waals surface area contributed by atoms with Crippen LogP contribution in [0.1, 0.15) is 12.8 Å². The largest absolute Gasteiger partial charge is 0.468 e. The van der Waals surface area contributed by atoms with Crippen LogP contribution in [0.5, 0.6) is 0 Å². The maximum absolute atomic E-state index is 11.2. The summed E-state index contributed by atoms with van der Waals surface area (Å²) in [6, 6.07) is -0.241. The molecule has 1 aliphatic rings. The smallest absolute Gasteiger partial charge is 0.377 e. The van der Waals surface area contributed by atoms with Crippen LogP contribution in [-0.2, 0) is 9.53 Å². The summed E-state index contributed by atoms with van der Waals surface area (Å²) in [6.07, 6.45) is 1.74. The second-order valence-electron chi connectivity index (χ2n) is 3.05. The van der Waals surface area contributed by atoms with Crippen molar-refractivity contribution in [3.8, 4) is 0 Å². The first-order valence-electron chi connectivity index (χ1n) is 4.18. The predicted molar refractivity (Wildman–Crippen MR) is 45.6 cm³/mol. The summed E-state index contributed by atoms with van der Waals surface area (Å²) < 4.78 is 4.62. The zero-order valence-electron chi connectivity index (χ0n) is 7.49. The van der Waals surface area contributed by atoms with Gasteiger partial charge in [-0.25, -0.2) is 0 Å². The molecular weight excluding hydrogens is 157 g/mol. The Labute approximate surface area is 72.6 Å². The van der Waals surface area contributed by atoms with E-state index in [4.69, 9.17) is 0 Å². The zero-order chi connectivity index (χ0) is 9.14. The number of carbonyl (C=O) groups is 1. The topological polar surface area (TPSA) is 49.8 Å². The first kappa shape index (κ1) is 9.54. The number of esters is 1. The predicted octanol–water partition coefficient (Wildman–Crippen LogP) is -0.266. The van der Waals surface area contributed by atoms with E-state index in [0.717, 1.165) is 19.4 Å². The van der Waals surface area contributed by atoms with Crippen molar-refractivity contribution >= 4 is 13.0 Å². The van der Waals surface area contributed by atoms with Crippen LogP contribution in [-0.4, -0.2) is 42.6 Å². The molecule has 0 bridgehead atoms. The number of hydrogen-bond donors (Lipinski definition) is 1. The van der Waals surface area contributed by atoms with E-state index in [2.05, 4.69) is 4.74 Å². The molecule has 0 amide bonds. The Balaban J connectivity index is 2.57. The Morgan fingerprint density at radius 1 is 1.75 bits per heavy atom. The van der Waals surface area contributed by atoms with Crippen LogP contribution in [0.3, 0.4) is 0 Å². The van der Waals surface area contributed by atoms with Gasteiger partial charge in [-0.1, -0.05) is 0 Å². The Bertz CT molecular complexity index is 174. The van der Waals surface area contributed by atoms with E-state index in [0.29, 0.717) is 0 Å². The van der Waals surface area contributed by atoms with E-state index >= 15 is 0 Å². The van der Waals surface area contributed by atoms with Crippen molar-refractivity contribution in [2.24, 2.45) is 0 Å². The maximum Gasteiger partial charge on any atom is 0.377 e. The third-order valence-electron chi connectivity index (χ3n) is 2.25. The molecule has 68 valence electrons. The molecule has 0 aromatic heterocycles. The highest BCUT2D eigenvalue weighted by Gasteiger charge is 2.35. The SMILES string of the molecule is COC(=O)C1CCCN1B(C)O. The average molecular weight is 171 g/mol. The molecule has 0 aromatic carbocycles. The molecule has 1 rings (SSSR count). The van der Waals surface area contributed by atoms with Crippen LogP contribution < -0.4 is 0 Å².